The number of nitrogens with zero attached hydrogens (tertiary/aromatic N) is 2. The lowest BCUT2D eigenvalue weighted by molar-refractivity contribution is 0.158. The third kappa shape index (κ3) is 4.13. The van der Waals surface area contributed by atoms with Gasteiger partial charge in [0.25, 0.3) is 0 Å². The molecule has 0 saturated carbocycles. The minimum atomic E-state index is -0.144. The highest BCUT2D eigenvalue weighted by atomic mass is 79.9. The topological polar surface area (TPSA) is 47.0 Å². The molecule has 0 amide bonds. The maximum atomic E-state index is 5.12. The van der Waals surface area contributed by atoms with Gasteiger partial charge in [0.1, 0.15) is 16.2 Å². The lowest BCUT2D eigenvalue weighted by Gasteiger charge is -2.25. The second-order valence-corrected chi connectivity index (χ2v) is 4.88. The Morgan fingerprint density at radius 3 is 2.67 bits per heavy atom. The molecule has 1 aromatic heterocycles. The molecule has 15 heavy (non-hydrogen) atoms. The van der Waals surface area contributed by atoms with Gasteiger partial charge in [0.2, 0.25) is 0 Å². The van der Waals surface area contributed by atoms with Crippen LogP contribution in [0, 0.1) is 6.92 Å². The highest BCUT2D eigenvalue weighted by Crippen LogP contribution is 2.16. The van der Waals surface area contributed by atoms with E-state index in [2.05, 4.69) is 45.1 Å². The highest BCUT2D eigenvalue weighted by Gasteiger charge is 2.17. The van der Waals surface area contributed by atoms with Crippen molar-refractivity contribution in [1.29, 1.82) is 0 Å². The fourth-order valence-electron chi connectivity index (χ4n) is 1.34. The van der Waals surface area contributed by atoms with Gasteiger partial charge in [0.05, 0.1) is 12.1 Å². The number of aromatic nitrogens is 2. The Hall–Kier alpha value is -0.680. The first-order valence-corrected chi connectivity index (χ1v) is 5.50. The van der Waals surface area contributed by atoms with Crippen molar-refractivity contribution in [2.75, 3.05) is 19.0 Å². The molecule has 1 rings (SSSR count). The molecule has 1 heterocycles. The van der Waals surface area contributed by atoms with Crippen molar-refractivity contribution >= 4 is 21.7 Å². The molecule has 0 aliphatic heterocycles. The third-order valence-corrected chi connectivity index (χ3v) is 2.18. The van der Waals surface area contributed by atoms with E-state index < -0.39 is 0 Å². The molecular formula is C10H16BrN3O. The molecular weight excluding hydrogens is 258 g/mol. The summed E-state index contributed by atoms with van der Waals surface area (Å²) in [4.78, 5) is 8.44. The minimum Gasteiger partial charge on any atom is -0.382 e. The molecule has 0 bridgehead atoms. The van der Waals surface area contributed by atoms with Crippen LogP contribution in [0.2, 0.25) is 0 Å². The Kier molecular flexibility index (Phi) is 4.04. The van der Waals surface area contributed by atoms with Gasteiger partial charge in [-0.05, 0) is 36.7 Å². The van der Waals surface area contributed by atoms with Gasteiger partial charge in [-0.2, -0.15) is 0 Å². The van der Waals surface area contributed by atoms with Gasteiger partial charge in [-0.3, -0.25) is 0 Å². The normalized spacial score (nSPS) is 11.5. The highest BCUT2D eigenvalue weighted by molar-refractivity contribution is 9.10. The molecule has 0 aliphatic carbocycles. The van der Waals surface area contributed by atoms with Crippen molar-refractivity contribution < 1.29 is 4.74 Å². The number of rotatable bonds is 4. The van der Waals surface area contributed by atoms with Crippen LogP contribution in [0.4, 0.5) is 5.82 Å². The van der Waals surface area contributed by atoms with E-state index in [1.807, 2.05) is 13.0 Å². The summed E-state index contributed by atoms with van der Waals surface area (Å²) in [5, 5.41) is 3.29. The number of hydrogen-bond acceptors (Lipinski definition) is 4. The predicted octanol–water partition coefficient (Wildman–Crippen LogP) is 2.38. The first-order valence-electron chi connectivity index (χ1n) is 4.71. The van der Waals surface area contributed by atoms with Crippen LogP contribution < -0.4 is 5.32 Å². The SMILES string of the molecule is COCC(C)(C)Nc1cc(Br)nc(C)n1. The predicted molar refractivity (Wildman–Crippen MR) is 64.0 cm³/mol. The van der Waals surface area contributed by atoms with Gasteiger partial charge < -0.3 is 10.1 Å². The molecule has 0 aromatic carbocycles. The number of hydrogen-bond donors (Lipinski definition) is 1. The van der Waals surface area contributed by atoms with Gasteiger partial charge >= 0.3 is 0 Å². The molecule has 4 nitrogen and oxygen atoms in total. The Morgan fingerprint density at radius 1 is 1.47 bits per heavy atom. The van der Waals surface area contributed by atoms with Crippen molar-refractivity contribution in [2.45, 2.75) is 26.3 Å². The van der Waals surface area contributed by atoms with Crippen LogP contribution in [0.3, 0.4) is 0 Å². The lowest BCUT2D eigenvalue weighted by atomic mass is 10.1. The van der Waals surface area contributed by atoms with E-state index in [1.54, 1.807) is 7.11 Å². The van der Waals surface area contributed by atoms with E-state index in [4.69, 9.17) is 4.74 Å². The van der Waals surface area contributed by atoms with E-state index >= 15 is 0 Å². The van der Waals surface area contributed by atoms with E-state index in [0.29, 0.717) is 6.61 Å². The molecule has 0 radical (unpaired) electrons. The van der Waals surface area contributed by atoms with E-state index in [-0.39, 0.29) is 5.54 Å². The summed E-state index contributed by atoms with van der Waals surface area (Å²) >= 11 is 3.34. The molecule has 0 aliphatic rings. The van der Waals surface area contributed by atoms with Gasteiger partial charge in [-0.15, -0.1) is 0 Å². The van der Waals surface area contributed by atoms with Crippen molar-refractivity contribution in [3.63, 3.8) is 0 Å². The van der Waals surface area contributed by atoms with Gasteiger partial charge in [-0.1, -0.05) is 0 Å². The third-order valence-electron chi connectivity index (χ3n) is 1.78. The smallest absolute Gasteiger partial charge is 0.131 e. The summed E-state index contributed by atoms with van der Waals surface area (Å²) in [6, 6.07) is 1.85. The zero-order chi connectivity index (χ0) is 11.5. The molecule has 0 fully saturated rings. The quantitative estimate of drug-likeness (QED) is 0.856. The number of halogens is 1. The van der Waals surface area contributed by atoms with Crippen molar-refractivity contribution in [2.24, 2.45) is 0 Å². The minimum absolute atomic E-state index is 0.144. The molecule has 1 N–H and O–H groups in total. The fourth-order valence-corrected chi connectivity index (χ4v) is 1.81. The zero-order valence-corrected chi connectivity index (χ0v) is 11.1. The average Bonchev–Trinajstić information content (AvgIpc) is 1.99. The van der Waals surface area contributed by atoms with Gasteiger partial charge in [-0.25, -0.2) is 9.97 Å². The standard InChI is InChI=1S/C10H16BrN3O/c1-7-12-8(11)5-9(13-7)14-10(2,3)6-15-4/h5H,6H2,1-4H3,(H,12,13,14). The zero-order valence-electron chi connectivity index (χ0n) is 9.47. The van der Waals surface area contributed by atoms with Crippen LogP contribution in [0.25, 0.3) is 0 Å². The molecule has 5 heteroatoms. The largest absolute Gasteiger partial charge is 0.382 e. The number of aryl methyl sites for hydroxylation is 1. The van der Waals surface area contributed by atoms with E-state index in [1.165, 1.54) is 0 Å². The summed E-state index contributed by atoms with van der Waals surface area (Å²) in [6.07, 6.45) is 0. The van der Waals surface area contributed by atoms with E-state index in [0.717, 1.165) is 16.2 Å². The van der Waals surface area contributed by atoms with E-state index in [9.17, 15) is 0 Å². The second kappa shape index (κ2) is 4.90. The van der Waals surface area contributed by atoms with Crippen molar-refractivity contribution in [3.05, 3.63) is 16.5 Å². The summed E-state index contributed by atoms with van der Waals surface area (Å²) in [5.41, 5.74) is -0.144. The Labute approximate surface area is 98.6 Å². The van der Waals surface area contributed by atoms with Crippen LogP contribution in [0.5, 0.6) is 0 Å². The van der Waals surface area contributed by atoms with Crippen LogP contribution in [0.15, 0.2) is 10.7 Å². The van der Waals surface area contributed by atoms with Crippen LogP contribution in [-0.2, 0) is 4.74 Å². The Morgan fingerprint density at radius 2 is 2.13 bits per heavy atom. The fraction of sp³-hybridized carbons (Fsp3) is 0.600. The molecule has 0 saturated heterocycles. The maximum absolute atomic E-state index is 5.12. The number of nitrogens with one attached hydrogen (secondary N) is 1. The molecule has 0 spiro atoms. The summed E-state index contributed by atoms with van der Waals surface area (Å²) in [6.45, 7) is 6.59. The van der Waals surface area contributed by atoms with Crippen LogP contribution in [-0.4, -0.2) is 29.2 Å². The van der Waals surface area contributed by atoms with Crippen LogP contribution in [0.1, 0.15) is 19.7 Å². The maximum Gasteiger partial charge on any atom is 0.131 e. The molecule has 0 unspecified atom stereocenters. The Balaban J connectivity index is 2.80. The number of anilines is 1. The van der Waals surface area contributed by atoms with Crippen LogP contribution >= 0.6 is 15.9 Å². The summed E-state index contributed by atoms with van der Waals surface area (Å²) < 4.78 is 5.90. The molecule has 1 aromatic rings. The monoisotopic (exact) mass is 273 g/mol. The van der Waals surface area contributed by atoms with Gasteiger partial charge in [0.15, 0.2) is 0 Å². The average molecular weight is 274 g/mol. The summed E-state index contributed by atoms with van der Waals surface area (Å²) in [7, 11) is 1.69. The summed E-state index contributed by atoms with van der Waals surface area (Å²) in [5.74, 6) is 1.54. The first kappa shape index (κ1) is 12.4. The number of ether oxygens (including phenoxy) is 1. The number of methoxy groups -OCH3 is 1. The lowest BCUT2D eigenvalue weighted by Crippen LogP contribution is -2.36. The van der Waals surface area contributed by atoms with Crippen molar-refractivity contribution in [3.8, 4) is 0 Å². The Bertz CT molecular complexity index is 321. The van der Waals surface area contributed by atoms with Crippen molar-refractivity contribution in [1.82, 2.24) is 9.97 Å². The second-order valence-electron chi connectivity index (χ2n) is 4.07. The first-order chi connectivity index (χ1) is 6.93. The molecule has 0 atom stereocenters. The molecule has 84 valence electrons. The van der Waals surface area contributed by atoms with Gasteiger partial charge in [0, 0.05) is 13.2 Å².